The van der Waals surface area contributed by atoms with Crippen LogP contribution < -0.4 is 0 Å². The van der Waals surface area contributed by atoms with Crippen molar-refractivity contribution in [1.29, 1.82) is 0 Å². The Balaban J connectivity index is 3.05. The third-order valence-electron chi connectivity index (χ3n) is 1.84. The maximum Gasteiger partial charge on any atom is 0.313 e. The molecule has 1 aromatic carbocycles. The second kappa shape index (κ2) is 4.34. The first-order chi connectivity index (χ1) is 7.43. The van der Waals surface area contributed by atoms with Gasteiger partial charge >= 0.3 is 5.91 Å². The van der Waals surface area contributed by atoms with Gasteiger partial charge in [0.15, 0.2) is 5.03 Å². The van der Waals surface area contributed by atoms with Crippen molar-refractivity contribution in [2.24, 2.45) is 0 Å². The molecular formula is C8H7N3O5. The molecule has 1 amide bonds. The Kier molecular flexibility index (Phi) is 3.14. The Bertz CT molecular complexity index is 459. The number of nitro benzene ring substituents is 1. The zero-order valence-electron chi connectivity index (χ0n) is 8.19. The topological polar surface area (TPSA) is 107 Å². The number of non-ortho nitro benzene ring substituents is 1. The first-order valence-electron chi connectivity index (χ1n) is 4.10. The summed E-state index contributed by atoms with van der Waals surface area (Å²) >= 11 is 0. The minimum Gasteiger partial charge on any atom is -0.263 e. The molecule has 16 heavy (non-hydrogen) atoms. The van der Waals surface area contributed by atoms with Gasteiger partial charge < -0.3 is 0 Å². The first kappa shape index (κ1) is 11.6. The molecule has 0 heterocycles. The number of carbonyl (C=O) groups excluding carboxylic acids is 1. The van der Waals surface area contributed by atoms with Crippen LogP contribution in [0, 0.1) is 20.2 Å². The smallest absolute Gasteiger partial charge is 0.263 e. The van der Waals surface area contributed by atoms with E-state index in [-0.39, 0.29) is 16.3 Å². The number of carbonyl (C=O) groups is 1. The number of nitro groups is 2. The van der Waals surface area contributed by atoms with Crippen molar-refractivity contribution in [3.8, 4) is 0 Å². The van der Waals surface area contributed by atoms with Gasteiger partial charge in [0.25, 0.3) is 5.69 Å². The number of benzene rings is 1. The summed E-state index contributed by atoms with van der Waals surface area (Å²) in [7, 11) is 0.973. The molecule has 0 aliphatic rings. The number of hydrogen-bond acceptors (Lipinski definition) is 5. The summed E-state index contributed by atoms with van der Waals surface area (Å²) in [4.78, 5) is 31.5. The molecule has 0 spiro atoms. The minimum absolute atomic E-state index is 0.103. The van der Waals surface area contributed by atoms with Gasteiger partial charge in [-0.1, -0.05) is 11.1 Å². The van der Waals surface area contributed by atoms with E-state index in [9.17, 15) is 25.0 Å². The van der Waals surface area contributed by atoms with Gasteiger partial charge in [-0.05, 0) is 6.07 Å². The normalized spacial score (nSPS) is 9.56. The van der Waals surface area contributed by atoms with Gasteiger partial charge in [-0.15, -0.1) is 0 Å². The highest BCUT2D eigenvalue weighted by Crippen LogP contribution is 2.14. The van der Waals surface area contributed by atoms with Gasteiger partial charge in [-0.3, -0.25) is 14.9 Å². The van der Waals surface area contributed by atoms with Crippen LogP contribution in [0.15, 0.2) is 24.3 Å². The number of hydrogen-bond donors (Lipinski definition) is 0. The molecule has 0 bridgehead atoms. The third-order valence-corrected chi connectivity index (χ3v) is 1.84. The Morgan fingerprint density at radius 1 is 1.31 bits per heavy atom. The predicted octanol–water partition coefficient (Wildman–Crippen LogP) is 0.859. The lowest BCUT2D eigenvalue weighted by atomic mass is 10.2. The summed E-state index contributed by atoms with van der Waals surface area (Å²) in [5, 5.41) is 20.1. The van der Waals surface area contributed by atoms with Crippen molar-refractivity contribution in [2.45, 2.75) is 0 Å². The molecule has 8 heteroatoms. The van der Waals surface area contributed by atoms with Gasteiger partial charge in [0.2, 0.25) is 0 Å². The molecule has 0 aliphatic heterocycles. The second-order valence-electron chi connectivity index (χ2n) is 2.87. The van der Waals surface area contributed by atoms with Crippen LogP contribution in [-0.4, -0.2) is 27.9 Å². The highest BCUT2D eigenvalue weighted by atomic mass is 16.7. The number of nitrogens with zero attached hydrogens (tertiary/aromatic N) is 3. The summed E-state index contributed by atoms with van der Waals surface area (Å²) < 4.78 is 0. The fourth-order valence-electron chi connectivity index (χ4n) is 1.01. The predicted molar refractivity (Wildman–Crippen MR) is 52.2 cm³/mol. The number of amides is 1. The van der Waals surface area contributed by atoms with Crippen LogP contribution in [0.3, 0.4) is 0 Å². The Hall–Kier alpha value is -2.51. The van der Waals surface area contributed by atoms with Crippen molar-refractivity contribution in [1.82, 2.24) is 5.01 Å². The van der Waals surface area contributed by atoms with Crippen LogP contribution in [0.1, 0.15) is 10.4 Å². The van der Waals surface area contributed by atoms with Crippen molar-refractivity contribution >= 4 is 11.6 Å². The fraction of sp³-hybridized carbons (Fsp3) is 0.125. The van der Waals surface area contributed by atoms with Crippen LogP contribution in [-0.2, 0) is 0 Å². The molecular weight excluding hydrogens is 218 g/mol. The van der Waals surface area contributed by atoms with E-state index in [1.54, 1.807) is 0 Å². The van der Waals surface area contributed by atoms with Gasteiger partial charge in [-0.25, -0.2) is 10.1 Å². The molecule has 0 N–H and O–H groups in total. The standard InChI is InChI=1S/C8H7N3O5/c1-9(11(15)16)8(12)6-3-2-4-7(5-6)10(13)14/h2-5H,1H3. The summed E-state index contributed by atoms with van der Waals surface area (Å²) in [6, 6.07) is 4.75. The Labute approximate surface area is 89.4 Å². The quantitative estimate of drug-likeness (QED) is 0.560. The fourth-order valence-corrected chi connectivity index (χ4v) is 1.01. The van der Waals surface area contributed by atoms with Crippen molar-refractivity contribution in [3.63, 3.8) is 0 Å². The van der Waals surface area contributed by atoms with Crippen LogP contribution >= 0.6 is 0 Å². The SMILES string of the molecule is CN(C(=O)c1cccc([N+](=O)[O-])c1)[N+](=O)[O-]. The van der Waals surface area contributed by atoms with Crippen LogP contribution in [0.5, 0.6) is 0 Å². The number of hydrazine groups is 1. The summed E-state index contributed by atoms with van der Waals surface area (Å²) in [5.74, 6) is -0.909. The van der Waals surface area contributed by atoms with Gasteiger partial charge in [0.05, 0.1) is 17.5 Å². The van der Waals surface area contributed by atoms with E-state index in [2.05, 4.69) is 0 Å². The molecule has 0 aliphatic carbocycles. The lowest BCUT2D eigenvalue weighted by Gasteiger charge is -2.05. The maximum absolute atomic E-state index is 11.4. The van der Waals surface area contributed by atoms with E-state index in [1.165, 1.54) is 18.2 Å². The van der Waals surface area contributed by atoms with E-state index in [1.807, 2.05) is 0 Å². The largest absolute Gasteiger partial charge is 0.313 e. The molecule has 1 rings (SSSR count). The zero-order chi connectivity index (χ0) is 12.3. The molecule has 1 aromatic rings. The van der Waals surface area contributed by atoms with Crippen LogP contribution in [0.2, 0.25) is 0 Å². The highest BCUT2D eigenvalue weighted by Gasteiger charge is 2.21. The van der Waals surface area contributed by atoms with E-state index < -0.39 is 15.9 Å². The van der Waals surface area contributed by atoms with Crippen LogP contribution in [0.25, 0.3) is 0 Å². The van der Waals surface area contributed by atoms with Crippen molar-refractivity contribution in [3.05, 3.63) is 50.1 Å². The monoisotopic (exact) mass is 225 g/mol. The summed E-state index contributed by atoms with van der Waals surface area (Å²) in [6.07, 6.45) is 0. The summed E-state index contributed by atoms with van der Waals surface area (Å²) in [6.45, 7) is 0. The minimum atomic E-state index is -0.909. The second-order valence-corrected chi connectivity index (χ2v) is 2.87. The average Bonchev–Trinajstić information content (AvgIpc) is 2.27. The maximum atomic E-state index is 11.4. The van der Waals surface area contributed by atoms with Gasteiger partial charge in [0.1, 0.15) is 0 Å². The summed E-state index contributed by atoms with van der Waals surface area (Å²) in [5.41, 5.74) is -0.393. The van der Waals surface area contributed by atoms with E-state index in [4.69, 9.17) is 0 Å². The molecule has 0 atom stereocenters. The molecule has 0 aromatic heterocycles. The number of rotatable bonds is 3. The molecule has 0 saturated carbocycles. The molecule has 0 radical (unpaired) electrons. The van der Waals surface area contributed by atoms with E-state index >= 15 is 0 Å². The lowest BCUT2D eigenvalue weighted by molar-refractivity contribution is -0.625. The van der Waals surface area contributed by atoms with Gasteiger partial charge in [-0.2, -0.15) is 0 Å². The third kappa shape index (κ3) is 2.29. The molecule has 0 saturated heterocycles. The molecule has 84 valence electrons. The Morgan fingerprint density at radius 2 is 1.94 bits per heavy atom. The first-order valence-corrected chi connectivity index (χ1v) is 4.10. The Morgan fingerprint density at radius 3 is 2.44 bits per heavy atom. The highest BCUT2D eigenvalue weighted by molar-refractivity contribution is 5.93. The molecule has 8 nitrogen and oxygen atoms in total. The van der Waals surface area contributed by atoms with Crippen molar-refractivity contribution < 1.29 is 14.8 Å². The lowest BCUT2D eigenvalue weighted by Crippen LogP contribution is -2.32. The van der Waals surface area contributed by atoms with Crippen LogP contribution in [0.4, 0.5) is 5.69 Å². The van der Waals surface area contributed by atoms with E-state index in [0.29, 0.717) is 0 Å². The van der Waals surface area contributed by atoms with Crippen molar-refractivity contribution in [2.75, 3.05) is 7.05 Å². The molecule has 0 fully saturated rings. The molecule has 0 unspecified atom stereocenters. The van der Waals surface area contributed by atoms with Gasteiger partial charge in [0, 0.05) is 12.1 Å². The van der Waals surface area contributed by atoms with E-state index in [0.717, 1.165) is 13.1 Å². The zero-order valence-corrected chi connectivity index (χ0v) is 8.19. The average molecular weight is 225 g/mol.